The van der Waals surface area contributed by atoms with Crippen LogP contribution in [0.3, 0.4) is 0 Å². The topological polar surface area (TPSA) is 102 Å². The molecule has 8 heteroatoms. The number of aliphatic carboxylic acids is 1. The first kappa shape index (κ1) is 11.6. The molecule has 0 spiro atoms. The Morgan fingerprint density at radius 2 is 2.35 bits per heavy atom. The van der Waals surface area contributed by atoms with Crippen LogP contribution in [0.4, 0.5) is 0 Å². The number of carboxylic acid groups (broad SMARTS) is 1. The van der Waals surface area contributed by atoms with Crippen LogP contribution in [0, 0.1) is 0 Å². The van der Waals surface area contributed by atoms with Crippen molar-refractivity contribution in [2.24, 2.45) is 0 Å². The number of hydrogen-bond donors (Lipinski definition) is 1. The Morgan fingerprint density at radius 3 is 3.00 bits per heavy atom. The number of nitrogens with zero attached hydrogens (tertiary/aromatic N) is 3. The zero-order valence-electron chi connectivity index (χ0n) is 8.91. The molecule has 2 aromatic rings. The highest BCUT2D eigenvalue weighted by molar-refractivity contribution is 7.99. The molecule has 7 nitrogen and oxygen atoms in total. The predicted octanol–water partition coefficient (Wildman–Crippen LogP) is 1.46. The van der Waals surface area contributed by atoms with Crippen molar-refractivity contribution >= 4 is 17.7 Å². The van der Waals surface area contributed by atoms with Crippen LogP contribution < -0.4 is 0 Å². The molecule has 0 aliphatic carbocycles. The summed E-state index contributed by atoms with van der Waals surface area (Å²) >= 11 is 0.958. The minimum absolute atomic E-state index is 0.124. The van der Waals surface area contributed by atoms with E-state index in [2.05, 4.69) is 15.4 Å². The lowest BCUT2D eigenvalue weighted by molar-refractivity contribution is -0.133. The number of rotatable bonds is 5. The summed E-state index contributed by atoms with van der Waals surface area (Å²) in [5.74, 6) is -0.121. The molecule has 0 aromatic carbocycles. The molecule has 90 valence electrons. The van der Waals surface area contributed by atoms with Crippen molar-refractivity contribution in [3.05, 3.63) is 11.8 Å². The van der Waals surface area contributed by atoms with Crippen LogP contribution in [0.1, 0.15) is 12.7 Å². The molecule has 2 aromatic heterocycles. The number of thioether (sulfide) groups is 1. The molecule has 0 atom stereocenters. The van der Waals surface area contributed by atoms with Crippen molar-refractivity contribution in [1.29, 1.82) is 0 Å². The van der Waals surface area contributed by atoms with E-state index in [4.69, 9.17) is 14.0 Å². The molecular weight excluding hydrogens is 246 g/mol. The molecule has 17 heavy (non-hydrogen) atoms. The number of aryl methyl sites for hydroxylation is 1. The maximum atomic E-state index is 10.4. The minimum atomic E-state index is -0.940. The Labute approximate surface area is 100 Å². The van der Waals surface area contributed by atoms with Crippen molar-refractivity contribution in [1.82, 2.24) is 15.4 Å². The first-order chi connectivity index (χ1) is 8.19. The molecule has 0 bridgehead atoms. The normalized spacial score (nSPS) is 10.6. The van der Waals surface area contributed by atoms with Crippen molar-refractivity contribution in [3.8, 4) is 11.6 Å². The molecule has 0 fully saturated rings. The van der Waals surface area contributed by atoms with Crippen LogP contribution in [-0.2, 0) is 11.2 Å². The molecular formula is C9H9N3O4S. The summed E-state index contributed by atoms with van der Waals surface area (Å²) in [4.78, 5) is 10.4. The molecule has 0 unspecified atom stereocenters. The highest BCUT2D eigenvalue weighted by atomic mass is 32.2. The van der Waals surface area contributed by atoms with Gasteiger partial charge in [0.15, 0.2) is 5.69 Å². The van der Waals surface area contributed by atoms with E-state index in [1.54, 1.807) is 6.07 Å². The third kappa shape index (κ3) is 2.84. The summed E-state index contributed by atoms with van der Waals surface area (Å²) in [5.41, 5.74) is 0.455. The van der Waals surface area contributed by atoms with E-state index in [0.29, 0.717) is 5.69 Å². The molecule has 0 radical (unpaired) electrons. The van der Waals surface area contributed by atoms with E-state index >= 15 is 0 Å². The summed E-state index contributed by atoms with van der Waals surface area (Å²) in [6.07, 6.45) is 0.724. The largest absolute Gasteiger partial charge is 0.481 e. The first-order valence-corrected chi connectivity index (χ1v) is 5.81. The Balaban J connectivity index is 2.09. The van der Waals surface area contributed by atoms with Crippen molar-refractivity contribution in [2.45, 2.75) is 18.6 Å². The minimum Gasteiger partial charge on any atom is -0.481 e. The summed E-state index contributed by atoms with van der Waals surface area (Å²) in [6.45, 7) is 1.94. The number of aromatic nitrogens is 3. The van der Waals surface area contributed by atoms with Crippen LogP contribution in [0.15, 0.2) is 20.2 Å². The van der Waals surface area contributed by atoms with Gasteiger partial charge >= 0.3 is 5.97 Å². The van der Waals surface area contributed by atoms with E-state index in [-0.39, 0.29) is 16.9 Å². The van der Waals surface area contributed by atoms with Crippen molar-refractivity contribution < 1.29 is 18.8 Å². The van der Waals surface area contributed by atoms with Gasteiger partial charge in [0.1, 0.15) is 11.5 Å². The molecule has 0 saturated carbocycles. The lowest BCUT2D eigenvalue weighted by Crippen LogP contribution is -1.97. The summed E-state index contributed by atoms with van der Waals surface area (Å²) in [7, 11) is 0. The smallest absolute Gasteiger partial charge is 0.314 e. The van der Waals surface area contributed by atoms with E-state index in [0.717, 1.165) is 23.9 Å². The second-order valence-corrected chi connectivity index (χ2v) is 4.01. The van der Waals surface area contributed by atoms with Gasteiger partial charge in [0.25, 0.3) is 11.1 Å². The first-order valence-electron chi connectivity index (χ1n) is 4.83. The second kappa shape index (κ2) is 5.00. The van der Waals surface area contributed by atoms with Crippen LogP contribution in [0.25, 0.3) is 11.6 Å². The molecule has 0 saturated heterocycles. The Morgan fingerprint density at radius 1 is 1.53 bits per heavy atom. The van der Waals surface area contributed by atoms with E-state index in [1.807, 2.05) is 6.92 Å². The third-order valence-electron chi connectivity index (χ3n) is 1.85. The molecule has 0 aliphatic heterocycles. The van der Waals surface area contributed by atoms with Crippen molar-refractivity contribution in [2.75, 3.05) is 5.75 Å². The second-order valence-electron chi connectivity index (χ2n) is 3.09. The number of hydrogen-bond acceptors (Lipinski definition) is 7. The van der Waals surface area contributed by atoms with Gasteiger partial charge in [-0.25, -0.2) is 0 Å². The maximum Gasteiger partial charge on any atom is 0.314 e. The summed E-state index contributed by atoms with van der Waals surface area (Å²) < 4.78 is 10.2. The fourth-order valence-corrected chi connectivity index (χ4v) is 1.56. The number of carboxylic acids is 1. The molecule has 2 rings (SSSR count). The van der Waals surface area contributed by atoms with Gasteiger partial charge in [0.2, 0.25) is 0 Å². The standard InChI is InChI=1S/C9H9N3O4S/c1-2-5-3-6(12-16-5)8-10-11-9(15-8)17-4-7(13)14/h3H,2,4H2,1H3,(H,13,14). The average molecular weight is 255 g/mol. The number of carbonyl (C=O) groups is 1. The molecule has 0 amide bonds. The van der Waals surface area contributed by atoms with Gasteiger partial charge in [-0.05, 0) is 0 Å². The van der Waals surface area contributed by atoms with Gasteiger partial charge < -0.3 is 14.0 Å². The van der Waals surface area contributed by atoms with Crippen molar-refractivity contribution in [3.63, 3.8) is 0 Å². The predicted molar refractivity (Wildman–Crippen MR) is 57.5 cm³/mol. The van der Waals surface area contributed by atoms with Gasteiger partial charge in [0, 0.05) is 12.5 Å². The van der Waals surface area contributed by atoms with E-state index in [1.165, 1.54) is 0 Å². The van der Waals surface area contributed by atoms with E-state index < -0.39 is 5.97 Å². The maximum absolute atomic E-state index is 10.4. The van der Waals surface area contributed by atoms with Gasteiger partial charge in [-0.15, -0.1) is 10.2 Å². The highest BCUT2D eigenvalue weighted by Gasteiger charge is 2.14. The summed E-state index contributed by atoms with van der Waals surface area (Å²) in [5, 5.41) is 19.9. The molecule has 1 N–H and O–H groups in total. The van der Waals surface area contributed by atoms with Crippen LogP contribution >= 0.6 is 11.8 Å². The van der Waals surface area contributed by atoms with E-state index in [9.17, 15) is 4.79 Å². The molecule has 2 heterocycles. The Bertz CT molecular complexity index is 522. The fraction of sp³-hybridized carbons (Fsp3) is 0.333. The van der Waals surface area contributed by atoms with Crippen LogP contribution in [0.2, 0.25) is 0 Å². The lowest BCUT2D eigenvalue weighted by atomic mass is 10.3. The van der Waals surface area contributed by atoms with Gasteiger partial charge in [-0.2, -0.15) is 0 Å². The van der Waals surface area contributed by atoms with Gasteiger partial charge in [-0.3, -0.25) is 4.79 Å². The Hall–Kier alpha value is -1.83. The summed E-state index contributed by atoms with van der Waals surface area (Å²) in [6, 6.07) is 1.71. The zero-order chi connectivity index (χ0) is 12.3. The van der Waals surface area contributed by atoms with Crippen LogP contribution in [0.5, 0.6) is 0 Å². The third-order valence-corrected chi connectivity index (χ3v) is 2.66. The van der Waals surface area contributed by atoms with Gasteiger partial charge in [0.05, 0.1) is 0 Å². The SMILES string of the molecule is CCc1cc(-c2nnc(SCC(=O)O)o2)no1. The van der Waals surface area contributed by atoms with Gasteiger partial charge in [-0.1, -0.05) is 23.8 Å². The zero-order valence-corrected chi connectivity index (χ0v) is 9.73. The fourth-order valence-electron chi connectivity index (χ4n) is 1.08. The monoisotopic (exact) mass is 255 g/mol. The Kier molecular flexibility index (Phi) is 3.43. The van der Waals surface area contributed by atoms with Crippen LogP contribution in [-0.4, -0.2) is 32.2 Å². The quantitative estimate of drug-likeness (QED) is 0.801. The molecule has 0 aliphatic rings. The lowest BCUT2D eigenvalue weighted by Gasteiger charge is -1.88. The average Bonchev–Trinajstić information content (AvgIpc) is 2.94. The highest BCUT2D eigenvalue weighted by Crippen LogP contribution is 2.22.